The van der Waals surface area contributed by atoms with Crippen LogP contribution in [0.3, 0.4) is 0 Å². The highest BCUT2D eigenvalue weighted by Crippen LogP contribution is 2.23. The Morgan fingerprint density at radius 2 is 1.24 bits per heavy atom. The zero-order valence-corrected chi connectivity index (χ0v) is 13.4. The predicted octanol–water partition coefficient (Wildman–Crippen LogP) is 4.60. The van der Waals surface area contributed by atoms with Gasteiger partial charge in [0.2, 0.25) is 0 Å². The molecule has 0 N–H and O–H groups in total. The second kappa shape index (κ2) is 7.24. The van der Waals surface area contributed by atoms with Gasteiger partial charge in [-0.2, -0.15) is 0 Å². The van der Waals surface area contributed by atoms with Crippen LogP contribution in [0.4, 0.5) is 0 Å². The van der Waals surface area contributed by atoms with E-state index < -0.39 is 0 Å². The molecule has 0 spiro atoms. The minimum atomic E-state index is 1.06. The highest BCUT2D eigenvalue weighted by Gasteiger charge is 2.15. The largest absolute Gasteiger partial charge is 0.323 e. The highest BCUT2D eigenvalue weighted by atomic mass is 15.3. The van der Waals surface area contributed by atoms with Gasteiger partial charge in [0.25, 0.3) is 0 Å². The van der Waals surface area contributed by atoms with E-state index in [0.717, 1.165) is 24.1 Å². The third-order valence-electron chi connectivity index (χ3n) is 4.43. The van der Waals surface area contributed by atoms with E-state index in [0.29, 0.717) is 0 Å². The second-order valence-electron chi connectivity index (χ2n) is 5.78. The van der Waals surface area contributed by atoms with Crippen molar-refractivity contribution in [3.8, 4) is 0 Å². The lowest BCUT2D eigenvalue weighted by Crippen LogP contribution is -2.43. The molecule has 2 aromatic carbocycles. The molecule has 0 atom stereocenters. The first-order valence-corrected chi connectivity index (χ1v) is 7.83. The van der Waals surface area contributed by atoms with Gasteiger partial charge in [-0.05, 0) is 36.6 Å². The number of hydrogen-bond donors (Lipinski definition) is 0. The molecule has 110 valence electrons. The van der Waals surface area contributed by atoms with E-state index in [1.54, 1.807) is 0 Å². The fourth-order valence-corrected chi connectivity index (χ4v) is 2.43. The van der Waals surface area contributed by atoms with Crippen LogP contribution in [0.5, 0.6) is 0 Å². The zero-order chi connectivity index (χ0) is 15.1. The molecule has 2 aromatic rings. The van der Waals surface area contributed by atoms with Crippen molar-refractivity contribution in [1.29, 1.82) is 0 Å². The lowest BCUT2D eigenvalue weighted by atomic mass is 9.97. The number of hydrogen-bond acceptors (Lipinski definition) is 0. The minimum Gasteiger partial charge on any atom is -0.323 e. The van der Waals surface area contributed by atoms with Gasteiger partial charge in [0.15, 0.2) is 0 Å². The third-order valence-corrected chi connectivity index (χ3v) is 4.43. The summed E-state index contributed by atoms with van der Waals surface area (Å²) in [5.41, 5.74) is 3.92. The SMILES string of the molecule is CC[N+](C)(CC)CC=C(c1ccccc1)c1ccccc1. The molecule has 0 aromatic heterocycles. The molecule has 21 heavy (non-hydrogen) atoms. The molecular formula is C20H26N+. The summed E-state index contributed by atoms with van der Waals surface area (Å²) in [6.45, 7) is 7.91. The van der Waals surface area contributed by atoms with Crippen molar-refractivity contribution in [1.82, 2.24) is 0 Å². The smallest absolute Gasteiger partial charge is 0.0980 e. The molecule has 0 heterocycles. The molecule has 0 aliphatic rings. The Balaban J connectivity index is 2.38. The maximum absolute atomic E-state index is 2.40. The van der Waals surface area contributed by atoms with E-state index in [4.69, 9.17) is 0 Å². The van der Waals surface area contributed by atoms with Gasteiger partial charge in [-0.1, -0.05) is 60.7 Å². The molecule has 0 unspecified atom stereocenters. The monoisotopic (exact) mass is 280 g/mol. The zero-order valence-electron chi connectivity index (χ0n) is 13.4. The number of likely N-dealkylation sites (N-methyl/N-ethyl adjacent to an activating group) is 1. The first-order chi connectivity index (χ1) is 10.2. The molecular weight excluding hydrogens is 254 g/mol. The third kappa shape index (κ3) is 4.05. The second-order valence-corrected chi connectivity index (χ2v) is 5.78. The van der Waals surface area contributed by atoms with Crippen LogP contribution in [0.2, 0.25) is 0 Å². The number of nitrogens with zero attached hydrogens (tertiary/aromatic N) is 1. The average Bonchev–Trinajstić information content (AvgIpc) is 2.57. The molecule has 0 bridgehead atoms. The standard InChI is InChI=1S/C20H26N/c1-4-21(3,5-2)17-16-20(18-12-8-6-9-13-18)19-14-10-7-11-15-19/h6-16H,4-5,17H2,1-3H3/q+1. The van der Waals surface area contributed by atoms with Crippen LogP contribution in [0.1, 0.15) is 25.0 Å². The van der Waals surface area contributed by atoms with Crippen molar-refractivity contribution >= 4 is 5.57 Å². The van der Waals surface area contributed by atoms with Gasteiger partial charge in [0.1, 0.15) is 0 Å². The molecule has 0 saturated carbocycles. The quantitative estimate of drug-likeness (QED) is 0.678. The fraction of sp³-hybridized carbons (Fsp3) is 0.300. The fourth-order valence-electron chi connectivity index (χ4n) is 2.43. The molecule has 1 nitrogen and oxygen atoms in total. The van der Waals surface area contributed by atoms with E-state index in [-0.39, 0.29) is 0 Å². The molecule has 0 aliphatic carbocycles. The normalized spacial score (nSPS) is 11.2. The van der Waals surface area contributed by atoms with Gasteiger partial charge in [-0.25, -0.2) is 0 Å². The molecule has 0 aliphatic heterocycles. The van der Waals surface area contributed by atoms with Crippen LogP contribution < -0.4 is 0 Å². The van der Waals surface area contributed by atoms with Gasteiger partial charge in [0, 0.05) is 0 Å². The average molecular weight is 280 g/mol. The van der Waals surface area contributed by atoms with Crippen LogP contribution in [0.25, 0.3) is 5.57 Å². The van der Waals surface area contributed by atoms with Crippen LogP contribution >= 0.6 is 0 Å². The van der Waals surface area contributed by atoms with Crippen molar-refractivity contribution in [3.05, 3.63) is 77.9 Å². The van der Waals surface area contributed by atoms with Gasteiger partial charge in [-0.3, -0.25) is 0 Å². The Morgan fingerprint density at radius 3 is 1.62 bits per heavy atom. The van der Waals surface area contributed by atoms with Crippen molar-refractivity contribution in [2.24, 2.45) is 0 Å². The first kappa shape index (κ1) is 15.5. The van der Waals surface area contributed by atoms with E-state index in [9.17, 15) is 0 Å². The van der Waals surface area contributed by atoms with Crippen LogP contribution in [-0.2, 0) is 0 Å². The number of rotatable bonds is 6. The lowest BCUT2D eigenvalue weighted by molar-refractivity contribution is -0.900. The number of quaternary nitrogens is 1. The van der Waals surface area contributed by atoms with Crippen LogP contribution in [0, 0.1) is 0 Å². The van der Waals surface area contributed by atoms with E-state index in [2.05, 4.69) is 87.6 Å². The Bertz CT molecular complexity index is 524. The molecule has 0 fully saturated rings. The Labute approximate surface area is 129 Å². The summed E-state index contributed by atoms with van der Waals surface area (Å²) >= 11 is 0. The Kier molecular flexibility index (Phi) is 5.35. The molecule has 0 amide bonds. The summed E-state index contributed by atoms with van der Waals surface area (Å²) in [6.07, 6.45) is 2.40. The van der Waals surface area contributed by atoms with Crippen molar-refractivity contribution < 1.29 is 4.48 Å². The Morgan fingerprint density at radius 1 is 0.810 bits per heavy atom. The van der Waals surface area contributed by atoms with E-state index in [1.165, 1.54) is 16.7 Å². The topological polar surface area (TPSA) is 0 Å². The van der Waals surface area contributed by atoms with Crippen molar-refractivity contribution in [2.45, 2.75) is 13.8 Å². The van der Waals surface area contributed by atoms with Crippen molar-refractivity contribution in [3.63, 3.8) is 0 Å². The highest BCUT2D eigenvalue weighted by molar-refractivity contribution is 5.79. The maximum atomic E-state index is 2.40. The lowest BCUT2D eigenvalue weighted by Gasteiger charge is -2.31. The first-order valence-electron chi connectivity index (χ1n) is 7.83. The van der Waals surface area contributed by atoms with Gasteiger partial charge in [-0.15, -0.1) is 0 Å². The Hall–Kier alpha value is -1.86. The summed E-state index contributed by atoms with van der Waals surface area (Å²) in [5, 5.41) is 0. The summed E-state index contributed by atoms with van der Waals surface area (Å²) in [4.78, 5) is 0. The molecule has 0 radical (unpaired) electrons. The van der Waals surface area contributed by atoms with E-state index in [1.807, 2.05) is 0 Å². The summed E-state index contributed by atoms with van der Waals surface area (Å²) in [5.74, 6) is 0. The summed E-state index contributed by atoms with van der Waals surface area (Å²) in [6, 6.07) is 21.4. The molecule has 2 rings (SSSR count). The molecule has 1 heteroatoms. The van der Waals surface area contributed by atoms with Gasteiger partial charge < -0.3 is 4.48 Å². The van der Waals surface area contributed by atoms with Gasteiger partial charge in [0.05, 0.1) is 26.7 Å². The van der Waals surface area contributed by atoms with Gasteiger partial charge >= 0.3 is 0 Å². The molecule has 0 saturated heterocycles. The van der Waals surface area contributed by atoms with E-state index >= 15 is 0 Å². The minimum absolute atomic E-state index is 1.06. The van der Waals surface area contributed by atoms with Crippen LogP contribution in [-0.4, -0.2) is 31.2 Å². The van der Waals surface area contributed by atoms with Crippen LogP contribution in [0.15, 0.2) is 66.7 Å². The maximum Gasteiger partial charge on any atom is 0.0980 e. The predicted molar refractivity (Wildman–Crippen MR) is 92.1 cm³/mol. The summed E-state index contributed by atoms with van der Waals surface area (Å²) < 4.78 is 1.07. The summed E-state index contributed by atoms with van der Waals surface area (Å²) in [7, 11) is 2.32. The number of benzene rings is 2. The van der Waals surface area contributed by atoms with Crippen molar-refractivity contribution in [2.75, 3.05) is 26.7 Å².